The van der Waals surface area contributed by atoms with Crippen molar-refractivity contribution in [1.82, 2.24) is 10.9 Å². The normalized spacial score (nSPS) is 11.0. The highest BCUT2D eigenvalue weighted by Crippen LogP contribution is 2.13. The number of hydrazine groups is 1. The number of rotatable bonds is 5. The predicted octanol–water partition coefficient (Wildman–Crippen LogP) is 3.61. The number of benzene rings is 2. The Morgan fingerprint density at radius 3 is 2.35 bits per heavy atom. The molecule has 0 radical (unpaired) electrons. The van der Waals surface area contributed by atoms with Crippen LogP contribution in [0.15, 0.2) is 48.2 Å². The van der Waals surface area contributed by atoms with Crippen LogP contribution in [-0.4, -0.2) is 13.0 Å². The maximum Gasteiger partial charge on any atom is 0.269 e. The topological polar surface area (TPSA) is 50.4 Å². The summed E-state index contributed by atoms with van der Waals surface area (Å²) in [4.78, 5) is 12.2. The largest absolute Gasteiger partial charge is 0.497 e. The van der Waals surface area contributed by atoms with Gasteiger partial charge in [0, 0.05) is 11.3 Å². The van der Waals surface area contributed by atoms with E-state index in [1.165, 1.54) is 0 Å². The van der Waals surface area contributed by atoms with Gasteiger partial charge in [-0.1, -0.05) is 29.8 Å². The van der Waals surface area contributed by atoms with Crippen LogP contribution >= 0.6 is 0 Å². The molecule has 2 N–H and O–H groups in total. The van der Waals surface area contributed by atoms with Crippen LogP contribution in [0.4, 0.5) is 0 Å². The molecule has 0 aromatic heterocycles. The quantitative estimate of drug-likeness (QED) is 0.830. The van der Waals surface area contributed by atoms with Crippen LogP contribution in [0.3, 0.4) is 0 Å². The lowest BCUT2D eigenvalue weighted by Gasteiger charge is -2.11. The zero-order valence-corrected chi connectivity index (χ0v) is 13.9. The van der Waals surface area contributed by atoms with E-state index in [9.17, 15) is 4.79 Å². The van der Waals surface area contributed by atoms with E-state index in [1.807, 2.05) is 69.3 Å². The summed E-state index contributed by atoms with van der Waals surface area (Å²) in [5.74, 6) is 0.667. The second-order valence-electron chi connectivity index (χ2n) is 5.50. The molecule has 0 atom stereocenters. The minimum atomic E-state index is -0.148. The minimum absolute atomic E-state index is 0.148. The molecule has 0 unspecified atom stereocenters. The minimum Gasteiger partial charge on any atom is -0.497 e. The van der Waals surface area contributed by atoms with Gasteiger partial charge in [-0.05, 0) is 56.2 Å². The van der Waals surface area contributed by atoms with Crippen molar-refractivity contribution < 1.29 is 9.53 Å². The third kappa shape index (κ3) is 4.61. The lowest BCUT2D eigenvalue weighted by atomic mass is 10.1. The Kier molecular flexibility index (Phi) is 5.41. The summed E-state index contributed by atoms with van der Waals surface area (Å²) in [5.41, 5.74) is 10.3. The van der Waals surface area contributed by atoms with Gasteiger partial charge in [0.15, 0.2) is 0 Å². The predicted molar refractivity (Wildman–Crippen MR) is 93.2 cm³/mol. The molecule has 2 rings (SSSR count). The number of ether oxygens (including phenoxy) is 1. The third-order valence-corrected chi connectivity index (χ3v) is 3.50. The highest BCUT2D eigenvalue weighted by atomic mass is 16.5. The second-order valence-corrected chi connectivity index (χ2v) is 5.50. The smallest absolute Gasteiger partial charge is 0.269 e. The Balaban J connectivity index is 1.98. The van der Waals surface area contributed by atoms with Gasteiger partial charge in [-0.3, -0.25) is 10.2 Å². The molecule has 2 aromatic carbocycles. The molecule has 0 spiro atoms. The van der Waals surface area contributed by atoms with Crippen molar-refractivity contribution in [3.8, 4) is 5.75 Å². The van der Waals surface area contributed by atoms with Gasteiger partial charge in [-0.25, -0.2) is 0 Å². The molecule has 1 amide bonds. The first-order chi connectivity index (χ1) is 11.0. The van der Waals surface area contributed by atoms with Gasteiger partial charge in [-0.2, -0.15) is 0 Å². The Morgan fingerprint density at radius 2 is 1.74 bits per heavy atom. The number of allylic oxidation sites excluding steroid dienone is 1. The van der Waals surface area contributed by atoms with Gasteiger partial charge >= 0.3 is 0 Å². The molecule has 23 heavy (non-hydrogen) atoms. The molecule has 0 saturated heterocycles. The monoisotopic (exact) mass is 310 g/mol. The van der Waals surface area contributed by atoms with Crippen molar-refractivity contribution in [3.63, 3.8) is 0 Å². The number of hydrogen-bond donors (Lipinski definition) is 2. The summed E-state index contributed by atoms with van der Waals surface area (Å²) in [6, 6.07) is 13.5. The lowest BCUT2D eigenvalue weighted by Crippen LogP contribution is -2.36. The van der Waals surface area contributed by atoms with Gasteiger partial charge in [0.25, 0.3) is 5.91 Å². The zero-order valence-electron chi connectivity index (χ0n) is 13.9. The van der Waals surface area contributed by atoms with Gasteiger partial charge in [-0.15, -0.1) is 0 Å². The van der Waals surface area contributed by atoms with Crippen molar-refractivity contribution in [2.75, 3.05) is 7.11 Å². The Bertz CT molecular complexity index is 719. The van der Waals surface area contributed by atoms with Crippen LogP contribution in [0.2, 0.25) is 0 Å². The summed E-state index contributed by atoms with van der Waals surface area (Å²) in [7, 11) is 1.64. The fourth-order valence-electron chi connectivity index (χ4n) is 2.28. The molecular formula is C19H22N2O2. The van der Waals surface area contributed by atoms with Crippen LogP contribution in [0.25, 0.3) is 6.08 Å². The Hall–Kier alpha value is -2.75. The average molecular weight is 310 g/mol. The summed E-state index contributed by atoms with van der Waals surface area (Å²) in [6.07, 6.45) is 1.95. The number of carbonyl (C=O) groups excluding carboxylic acids is 1. The maximum absolute atomic E-state index is 12.2. The summed E-state index contributed by atoms with van der Waals surface area (Å²) in [6.45, 7) is 5.84. The van der Waals surface area contributed by atoms with E-state index in [0.29, 0.717) is 5.56 Å². The number of methoxy groups -OCH3 is 1. The first kappa shape index (κ1) is 16.6. The molecule has 0 heterocycles. The fraction of sp³-hybridized carbons (Fsp3) is 0.211. The van der Waals surface area contributed by atoms with E-state index in [1.54, 1.807) is 7.11 Å². The average Bonchev–Trinajstić information content (AvgIpc) is 2.53. The van der Waals surface area contributed by atoms with Crippen LogP contribution in [0.5, 0.6) is 5.75 Å². The molecule has 0 fully saturated rings. The Labute approximate surface area is 137 Å². The molecule has 2 aromatic rings. The van der Waals surface area contributed by atoms with Gasteiger partial charge in [0.2, 0.25) is 0 Å². The molecule has 120 valence electrons. The van der Waals surface area contributed by atoms with E-state index >= 15 is 0 Å². The molecule has 4 heteroatoms. The summed E-state index contributed by atoms with van der Waals surface area (Å²) >= 11 is 0. The van der Waals surface area contributed by atoms with Crippen molar-refractivity contribution in [2.45, 2.75) is 20.8 Å². The van der Waals surface area contributed by atoms with E-state index in [2.05, 4.69) is 10.9 Å². The van der Waals surface area contributed by atoms with Gasteiger partial charge in [0.05, 0.1) is 7.11 Å². The van der Waals surface area contributed by atoms with E-state index in [0.717, 1.165) is 28.1 Å². The summed E-state index contributed by atoms with van der Waals surface area (Å²) < 4.78 is 5.13. The number of nitrogens with one attached hydrogen (secondary N) is 2. The van der Waals surface area contributed by atoms with Crippen molar-refractivity contribution in [2.24, 2.45) is 0 Å². The molecular weight excluding hydrogens is 288 g/mol. The SMILES string of the molecule is COc1ccc(/C=C(\C)NNC(=O)c2ccc(C)cc2C)cc1. The Morgan fingerprint density at radius 1 is 1.04 bits per heavy atom. The standard InChI is InChI=1S/C19H22N2O2/c1-13-5-10-18(14(2)11-13)19(22)21-20-15(3)12-16-6-8-17(23-4)9-7-16/h5-12,20H,1-4H3,(H,21,22)/b15-12+. The van der Waals surface area contributed by atoms with Crippen LogP contribution in [-0.2, 0) is 0 Å². The van der Waals surface area contributed by atoms with E-state index in [-0.39, 0.29) is 5.91 Å². The van der Waals surface area contributed by atoms with Crippen molar-refractivity contribution in [1.29, 1.82) is 0 Å². The molecule has 0 bridgehead atoms. The number of aryl methyl sites for hydroxylation is 2. The van der Waals surface area contributed by atoms with Crippen LogP contribution < -0.4 is 15.6 Å². The molecule has 0 aliphatic carbocycles. The van der Waals surface area contributed by atoms with Crippen LogP contribution in [0.1, 0.15) is 34.0 Å². The molecule has 4 nitrogen and oxygen atoms in total. The van der Waals surface area contributed by atoms with Gasteiger partial charge < -0.3 is 10.2 Å². The molecule has 0 aliphatic rings. The molecule has 0 saturated carbocycles. The van der Waals surface area contributed by atoms with Crippen LogP contribution in [0, 0.1) is 13.8 Å². The first-order valence-electron chi connectivity index (χ1n) is 7.45. The number of amides is 1. The van der Waals surface area contributed by atoms with Crippen molar-refractivity contribution in [3.05, 3.63) is 70.4 Å². The fourth-order valence-corrected chi connectivity index (χ4v) is 2.28. The lowest BCUT2D eigenvalue weighted by molar-refractivity contribution is 0.0938. The van der Waals surface area contributed by atoms with Crippen molar-refractivity contribution >= 4 is 12.0 Å². The van der Waals surface area contributed by atoms with Gasteiger partial charge in [0.1, 0.15) is 5.75 Å². The van der Waals surface area contributed by atoms with E-state index < -0.39 is 0 Å². The molecule has 0 aliphatic heterocycles. The maximum atomic E-state index is 12.2. The second kappa shape index (κ2) is 7.49. The third-order valence-electron chi connectivity index (χ3n) is 3.50. The zero-order chi connectivity index (χ0) is 16.8. The highest BCUT2D eigenvalue weighted by Gasteiger charge is 2.08. The summed E-state index contributed by atoms with van der Waals surface area (Å²) in [5, 5.41) is 0. The van der Waals surface area contributed by atoms with E-state index in [4.69, 9.17) is 4.74 Å². The number of carbonyl (C=O) groups is 1. The first-order valence-corrected chi connectivity index (χ1v) is 7.45. The highest BCUT2D eigenvalue weighted by molar-refractivity contribution is 5.95. The number of hydrogen-bond acceptors (Lipinski definition) is 3.